The lowest BCUT2D eigenvalue weighted by Gasteiger charge is -2.24. The Kier molecular flexibility index (Phi) is 6.56. The molecule has 0 aliphatic heterocycles. The second-order valence-corrected chi connectivity index (χ2v) is 4.51. The van der Waals surface area contributed by atoms with Gasteiger partial charge in [-0.1, -0.05) is 38.0 Å². The maximum absolute atomic E-state index is 12.1. The van der Waals surface area contributed by atoms with Crippen LogP contribution in [0.5, 0.6) is 0 Å². The van der Waals surface area contributed by atoms with Gasteiger partial charge in [0.2, 0.25) is 0 Å². The Morgan fingerprint density at radius 2 is 2.00 bits per heavy atom. The van der Waals surface area contributed by atoms with Crippen LogP contribution in [0.25, 0.3) is 0 Å². The topological polar surface area (TPSA) is 72.5 Å². The number of carbonyl (C=O) groups is 1. The Bertz CT molecular complexity index is 398. The van der Waals surface area contributed by atoms with Gasteiger partial charge in [0.1, 0.15) is 0 Å². The highest BCUT2D eigenvalue weighted by atomic mass is 32.2. The van der Waals surface area contributed by atoms with Gasteiger partial charge < -0.3 is 4.55 Å². The minimum absolute atomic E-state index is 0.337. The molecule has 0 heterocycles. The molecule has 1 atom stereocenters. The van der Waals surface area contributed by atoms with Crippen molar-refractivity contribution in [1.82, 2.24) is 9.84 Å². The third-order valence-electron chi connectivity index (χ3n) is 2.44. The van der Waals surface area contributed by atoms with Gasteiger partial charge in [-0.05, 0) is 18.6 Å². The van der Waals surface area contributed by atoms with Crippen LogP contribution >= 0.6 is 0 Å². The highest BCUT2D eigenvalue weighted by Crippen LogP contribution is 2.05. The van der Waals surface area contributed by atoms with Crippen LogP contribution in [0, 0.1) is 0 Å². The van der Waals surface area contributed by atoms with Crippen LogP contribution in [0.1, 0.15) is 36.5 Å². The number of rotatable bonds is 7. The van der Waals surface area contributed by atoms with Crippen molar-refractivity contribution in [2.75, 3.05) is 6.54 Å². The zero-order valence-electron chi connectivity index (χ0n) is 10.3. The van der Waals surface area contributed by atoms with E-state index in [-0.39, 0.29) is 5.91 Å². The fourth-order valence-corrected chi connectivity index (χ4v) is 1.89. The fourth-order valence-electron chi connectivity index (χ4n) is 1.54. The number of benzene rings is 1. The first kappa shape index (κ1) is 14.8. The van der Waals surface area contributed by atoms with E-state index in [1.165, 1.54) is 0 Å². The van der Waals surface area contributed by atoms with Crippen LogP contribution < -0.4 is 4.83 Å². The van der Waals surface area contributed by atoms with E-state index in [0.717, 1.165) is 24.3 Å². The number of nitrogens with zero attached hydrogens (tertiary/aromatic N) is 1. The van der Waals surface area contributed by atoms with Crippen molar-refractivity contribution in [2.45, 2.75) is 26.2 Å². The summed E-state index contributed by atoms with van der Waals surface area (Å²) in [6.45, 7) is 2.41. The van der Waals surface area contributed by atoms with Crippen LogP contribution in [-0.2, 0) is 11.3 Å². The minimum Gasteiger partial charge on any atom is -0.759 e. The normalized spacial score (nSPS) is 12.1. The highest BCUT2D eigenvalue weighted by Gasteiger charge is 2.14. The van der Waals surface area contributed by atoms with E-state index in [9.17, 15) is 13.6 Å². The van der Waals surface area contributed by atoms with E-state index in [4.69, 9.17) is 0 Å². The summed E-state index contributed by atoms with van der Waals surface area (Å²) in [5.74, 6) is -0.337. The molecule has 0 spiro atoms. The van der Waals surface area contributed by atoms with Crippen LogP contribution in [0.15, 0.2) is 30.3 Å². The van der Waals surface area contributed by atoms with Gasteiger partial charge in [-0.3, -0.25) is 14.0 Å². The Hall–Kier alpha value is -1.24. The monoisotopic (exact) mass is 269 g/mol. The first-order valence-electron chi connectivity index (χ1n) is 5.87. The molecule has 1 unspecified atom stereocenters. The Balaban J connectivity index is 2.69. The van der Waals surface area contributed by atoms with Crippen molar-refractivity contribution in [3.63, 3.8) is 0 Å². The van der Waals surface area contributed by atoms with Gasteiger partial charge in [0.05, 0.1) is 0 Å². The molecule has 0 saturated carbocycles. The summed E-state index contributed by atoms with van der Waals surface area (Å²) >= 11 is -2.49. The van der Waals surface area contributed by atoms with Crippen molar-refractivity contribution >= 4 is 17.2 Å². The van der Waals surface area contributed by atoms with Gasteiger partial charge in [-0.25, -0.2) is 0 Å². The van der Waals surface area contributed by atoms with Crippen molar-refractivity contribution < 1.29 is 13.6 Å². The third-order valence-corrected chi connectivity index (χ3v) is 2.81. The van der Waals surface area contributed by atoms with E-state index in [1.54, 1.807) is 30.3 Å². The van der Waals surface area contributed by atoms with Crippen LogP contribution in [-0.4, -0.2) is 26.2 Å². The quantitative estimate of drug-likeness (QED) is 0.464. The maximum Gasteiger partial charge on any atom is 0.268 e. The van der Waals surface area contributed by atoms with Gasteiger partial charge >= 0.3 is 0 Å². The second-order valence-electron chi connectivity index (χ2n) is 3.86. The molecule has 1 rings (SSSR count). The first-order chi connectivity index (χ1) is 8.65. The first-order valence-corrected chi connectivity index (χ1v) is 6.95. The number of hydrogen-bond acceptors (Lipinski definition) is 3. The number of amides is 1. The third kappa shape index (κ3) is 4.95. The molecule has 1 N–H and O–H groups in total. The summed E-state index contributed by atoms with van der Waals surface area (Å²) in [7, 11) is 0. The molecule has 5 nitrogen and oxygen atoms in total. The molecule has 6 heteroatoms. The summed E-state index contributed by atoms with van der Waals surface area (Å²) in [6, 6.07) is 8.60. The van der Waals surface area contributed by atoms with Crippen molar-refractivity contribution in [2.24, 2.45) is 0 Å². The maximum atomic E-state index is 12.1. The smallest absolute Gasteiger partial charge is 0.268 e. The van der Waals surface area contributed by atoms with E-state index in [1.807, 2.05) is 6.92 Å². The molecule has 0 bridgehead atoms. The molecular formula is C12H17N2O3S-. The van der Waals surface area contributed by atoms with Gasteiger partial charge in [-0.15, -0.1) is 0 Å². The number of carbonyl (C=O) groups excluding carboxylic acids is 1. The van der Waals surface area contributed by atoms with Crippen molar-refractivity contribution in [1.29, 1.82) is 0 Å². The second kappa shape index (κ2) is 7.97. The molecule has 0 saturated heterocycles. The molecular weight excluding hydrogens is 252 g/mol. The lowest BCUT2D eigenvalue weighted by molar-refractivity contribution is 0.0712. The van der Waals surface area contributed by atoms with E-state index >= 15 is 0 Å². The lowest BCUT2D eigenvalue weighted by Crippen LogP contribution is -2.44. The van der Waals surface area contributed by atoms with E-state index < -0.39 is 11.3 Å². The number of unbranched alkanes of at least 4 members (excludes halogenated alkanes) is 2. The number of hydrazine groups is 1. The summed E-state index contributed by atoms with van der Waals surface area (Å²) in [5, 5.41) is 1.13. The highest BCUT2D eigenvalue weighted by molar-refractivity contribution is 7.77. The Morgan fingerprint density at radius 3 is 2.56 bits per heavy atom. The van der Waals surface area contributed by atoms with Gasteiger partial charge in [0.15, 0.2) is 0 Å². The van der Waals surface area contributed by atoms with Gasteiger partial charge in [0, 0.05) is 23.4 Å². The number of hydrogen-bond donors (Lipinski definition) is 1. The van der Waals surface area contributed by atoms with Gasteiger partial charge in [0.25, 0.3) is 5.91 Å². The molecule has 0 fully saturated rings. The zero-order chi connectivity index (χ0) is 13.4. The van der Waals surface area contributed by atoms with E-state index in [0.29, 0.717) is 12.1 Å². The summed E-state index contributed by atoms with van der Waals surface area (Å²) in [6.07, 6.45) is 2.72. The lowest BCUT2D eigenvalue weighted by atomic mass is 10.2. The molecule has 1 aromatic carbocycles. The van der Waals surface area contributed by atoms with Crippen LogP contribution in [0.3, 0.4) is 0 Å². The molecule has 1 aromatic rings. The molecule has 100 valence electrons. The predicted molar refractivity (Wildman–Crippen MR) is 69.1 cm³/mol. The standard InChI is InChI=1S/C12H18N2O3S/c1-2-3-7-10-14(13-18(16)17)12(15)11-8-5-4-6-9-11/h4-6,8-9,13H,2-3,7,10H2,1H3,(H,16,17)/p-1. The zero-order valence-corrected chi connectivity index (χ0v) is 11.1. The minimum atomic E-state index is -2.49. The molecule has 0 aromatic heterocycles. The van der Waals surface area contributed by atoms with Crippen molar-refractivity contribution in [3.05, 3.63) is 35.9 Å². The van der Waals surface area contributed by atoms with Crippen LogP contribution in [0.2, 0.25) is 0 Å². The SMILES string of the molecule is CCCCCN(NS(=O)[O-])C(=O)c1ccccc1. The molecule has 1 amide bonds. The molecule has 0 radical (unpaired) electrons. The van der Waals surface area contributed by atoms with Crippen LogP contribution in [0.4, 0.5) is 0 Å². The average molecular weight is 269 g/mol. The number of nitrogens with one attached hydrogen (secondary N) is 1. The molecule has 0 aliphatic carbocycles. The summed E-state index contributed by atoms with van der Waals surface area (Å²) in [4.78, 5) is 14.2. The fraction of sp³-hybridized carbons (Fsp3) is 0.417. The van der Waals surface area contributed by atoms with E-state index in [2.05, 4.69) is 4.83 Å². The summed E-state index contributed by atoms with van der Waals surface area (Å²) < 4.78 is 21.3. The van der Waals surface area contributed by atoms with Crippen molar-refractivity contribution in [3.8, 4) is 0 Å². The Morgan fingerprint density at radius 1 is 1.33 bits per heavy atom. The molecule has 18 heavy (non-hydrogen) atoms. The molecule has 0 aliphatic rings. The Labute approximate surface area is 110 Å². The predicted octanol–water partition coefficient (Wildman–Crippen LogP) is 1.62. The summed E-state index contributed by atoms with van der Waals surface area (Å²) in [5.41, 5.74) is 0.465. The largest absolute Gasteiger partial charge is 0.759 e. The average Bonchev–Trinajstić information content (AvgIpc) is 2.37. The van der Waals surface area contributed by atoms with Gasteiger partial charge in [-0.2, -0.15) is 4.83 Å².